The second kappa shape index (κ2) is 7.74. The smallest absolute Gasteiger partial charge is 0.326 e. The highest BCUT2D eigenvalue weighted by molar-refractivity contribution is 5.95. The minimum Gasteiger partial charge on any atom is -0.480 e. The normalized spacial score (nSPS) is 12.0. The quantitative estimate of drug-likeness (QED) is 0.805. The number of carboxylic acid groups (broad SMARTS) is 1. The predicted molar refractivity (Wildman–Crippen MR) is 88.4 cm³/mol. The third kappa shape index (κ3) is 4.20. The van der Waals surface area contributed by atoms with Gasteiger partial charge < -0.3 is 15.2 Å². The van der Waals surface area contributed by atoms with E-state index in [-0.39, 0.29) is 18.7 Å². The van der Waals surface area contributed by atoms with Gasteiger partial charge in [0.05, 0.1) is 5.69 Å². The predicted octanol–water partition coefficient (Wildman–Crippen LogP) is 1.71. The second-order valence-electron chi connectivity index (χ2n) is 5.56. The van der Waals surface area contributed by atoms with E-state index in [4.69, 9.17) is 9.84 Å². The van der Waals surface area contributed by atoms with Gasteiger partial charge in [0.15, 0.2) is 5.69 Å². The van der Waals surface area contributed by atoms with Gasteiger partial charge in [-0.15, -0.1) is 0 Å². The second-order valence-corrected chi connectivity index (χ2v) is 5.56. The van der Waals surface area contributed by atoms with Crippen LogP contribution in [0.3, 0.4) is 0 Å². The summed E-state index contributed by atoms with van der Waals surface area (Å²) in [5.41, 5.74) is 2.93. The molecule has 24 heavy (non-hydrogen) atoms. The van der Waals surface area contributed by atoms with Gasteiger partial charge in [-0.05, 0) is 32.0 Å². The van der Waals surface area contributed by atoms with Crippen molar-refractivity contribution in [2.75, 3.05) is 13.7 Å². The number of nitrogens with zero attached hydrogens (tertiary/aromatic N) is 2. The molecule has 7 nitrogen and oxygen atoms in total. The van der Waals surface area contributed by atoms with Crippen LogP contribution in [0.2, 0.25) is 0 Å². The molecule has 0 aliphatic heterocycles. The molecular formula is C17H21N3O4. The van der Waals surface area contributed by atoms with E-state index < -0.39 is 17.9 Å². The number of carbonyl (C=O) groups is 2. The molecule has 1 heterocycles. The number of carbonyl (C=O) groups excluding carboxylic acids is 1. The van der Waals surface area contributed by atoms with Crippen molar-refractivity contribution in [2.24, 2.45) is 0 Å². The van der Waals surface area contributed by atoms with Crippen LogP contribution in [0.25, 0.3) is 5.69 Å². The van der Waals surface area contributed by atoms with Crippen molar-refractivity contribution < 1.29 is 19.4 Å². The van der Waals surface area contributed by atoms with E-state index in [9.17, 15) is 9.59 Å². The highest BCUT2D eigenvalue weighted by Gasteiger charge is 2.22. The molecule has 0 saturated carbocycles. The summed E-state index contributed by atoms with van der Waals surface area (Å²) in [5.74, 6) is -1.62. The SMILES string of the molecule is COCCC(NC(=O)c1cc(C)n(-c2ccc(C)cc2)n1)C(=O)O. The maximum absolute atomic E-state index is 12.3. The lowest BCUT2D eigenvalue weighted by Crippen LogP contribution is -2.41. The zero-order chi connectivity index (χ0) is 17.7. The number of ether oxygens (including phenoxy) is 1. The van der Waals surface area contributed by atoms with E-state index in [1.807, 2.05) is 38.1 Å². The van der Waals surface area contributed by atoms with Gasteiger partial charge in [-0.1, -0.05) is 17.7 Å². The van der Waals surface area contributed by atoms with Crippen LogP contribution in [0.1, 0.15) is 28.2 Å². The molecule has 0 radical (unpaired) electrons. The lowest BCUT2D eigenvalue weighted by molar-refractivity contribution is -0.139. The number of aliphatic carboxylic acids is 1. The molecule has 0 fully saturated rings. The maximum atomic E-state index is 12.3. The Morgan fingerprint density at radius 2 is 1.96 bits per heavy atom. The molecule has 0 spiro atoms. The molecule has 1 unspecified atom stereocenters. The van der Waals surface area contributed by atoms with E-state index in [1.165, 1.54) is 7.11 Å². The Morgan fingerprint density at radius 3 is 2.54 bits per heavy atom. The third-order valence-electron chi connectivity index (χ3n) is 3.61. The summed E-state index contributed by atoms with van der Waals surface area (Å²) in [7, 11) is 1.48. The van der Waals surface area contributed by atoms with Gasteiger partial charge >= 0.3 is 5.97 Å². The maximum Gasteiger partial charge on any atom is 0.326 e. The highest BCUT2D eigenvalue weighted by Crippen LogP contribution is 2.13. The Kier molecular flexibility index (Phi) is 5.70. The average molecular weight is 331 g/mol. The fourth-order valence-corrected chi connectivity index (χ4v) is 2.26. The largest absolute Gasteiger partial charge is 0.480 e. The molecule has 1 amide bonds. The number of aryl methyl sites for hydroxylation is 2. The van der Waals surface area contributed by atoms with E-state index in [0.29, 0.717) is 0 Å². The minimum absolute atomic E-state index is 0.178. The molecule has 2 aromatic rings. The van der Waals surface area contributed by atoms with Crippen LogP contribution >= 0.6 is 0 Å². The monoisotopic (exact) mass is 331 g/mol. The number of benzene rings is 1. The number of rotatable bonds is 7. The van der Waals surface area contributed by atoms with Crippen molar-refractivity contribution in [1.29, 1.82) is 0 Å². The minimum atomic E-state index is -1.10. The molecule has 0 bridgehead atoms. The first-order valence-corrected chi connectivity index (χ1v) is 7.58. The highest BCUT2D eigenvalue weighted by atomic mass is 16.5. The van der Waals surface area contributed by atoms with Gasteiger partial charge in [0.25, 0.3) is 5.91 Å². The van der Waals surface area contributed by atoms with Crippen molar-refractivity contribution >= 4 is 11.9 Å². The number of hydrogen-bond acceptors (Lipinski definition) is 4. The Labute approximate surface area is 140 Å². The molecule has 1 atom stereocenters. The van der Waals surface area contributed by atoms with Gasteiger partial charge in [0.2, 0.25) is 0 Å². The van der Waals surface area contributed by atoms with Crippen LogP contribution in [0.15, 0.2) is 30.3 Å². The summed E-state index contributed by atoms with van der Waals surface area (Å²) >= 11 is 0. The standard InChI is InChI=1S/C17H21N3O4/c1-11-4-6-13(7-5-11)20-12(2)10-15(19-20)16(21)18-14(17(22)23)8-9-24-3/h4-7,10,14H,8-9H2,1-3H3,(H,18,21)(H,22,23). The summed E-state index contributed by atoms with van der Waals surface area (Å²) in [6, 6.07) is 8.36. The molecule has 2 rings (SSSR count). The summed E-state index contributed by atoms with van der Waals surface area (Å²) in [6.45, 7) is 4.07. The van der Waals surface area contributed by atoms with Gasteiger partial charge in [-0.3, -0.25) is 4.79 Å². The van der Waals surface area contributed by atoms with Gasteiger partial charge in [-0.2, -0.15) is 5.10 Å². The lowest BCUT2D eigenvalue weighted by atomic mass is 10.2. The first-order chi connectivity index (χ1) is 11.4. The van der Waals surface area contributed by atoms with Crippen molar-refractivity contribution in [2.45, 2.75) is 26.3 Å². The lowest BCUT2D eigenvalue weighted by Gasteiger charge is -2.12. The first kappa shape index (κ1) is 17.7. The summed E-state index contributed by atoms with van der Waals surface area (Å²) in [6.07, 6.45) is 0.190. The molecule has 0 saturated heterocycles. The Bertz CT molecular complexity index is 722. The number of hydrogen-bond donors (Lipinski definition) is 2. The number of methoxy groups -OCH3 is 1. The van der Waals surface area contributed by atoms with Crippen LogP contribution in [0.4, 0.5) is 0 Å². The number of amides is 1. The topological polar surface area (TPSA) is 93.5 Å². The van der Waals surface area contributed by atoms with Crippen LogP contribution in [0, 0.1) is 13.8 Å². The summed E-state index contributed by atoms with van der Waals surface area (Å²) in [5, 5.41) is 15.9. The Morgan fingerprint density at radius 1 is 1.29 bits per heavy atom. The zero-order valence-electron chi connectivity index (χ0n) is 13.9. The molecule has 0 aliphatic rings. The Balaban J connectivity index is 2.17. The van der Waals surface area contributed by atoms with E-state index in [0.717, 1.165) is 16.9 Å². The molecule has 7 heteroatoms. The van der Waals surface area contributed by atoms with E-state index in [1.54, 1.807) is 10.7 Å². The first-order valence-electron chi connectivity index (χ1n) is 7.58. The molecule has 1 aromatic carbocycles. The van der Waals surface area contributed by atoms with Crippen molar-refractivity contribution in [3.8, 4) is 5.69 Å². The summed E-state index contributed by atoms with van der Waals surface area (Å²) in [4.78, 5) is 23.5. The molecule has 0 aliphatic carbocycles. The van der Waals surface area contributed by atoms with Crippen molar-refractivity contribution in [1.82, 2.24) is 15.1 Å². The zero-order valence-corrected chi connectivity index (χ0v) is 13.9. The molecule has 2 N–H and O–H groups in total. The number of carboxylic acids is 1. The van der Waals surface area contributed by atoms with Crippen LogP contribution < -0.4 is 5.32 Å². The average Bonchev–Trinajstić information content (AvgIpc) is 2.93. The van der Waals surface area contributed by atoms with E-state index in [2.05, 4.69) is 10.4 Å². The van der Waals surface area contributed by atoms with E-state index >= 15 is 0 Å². The van der Waals surface area contributed by atoms with Gasteiger partial charge in [0.1, 0.15) is 6.04 Å². The van der Waals surface area contributed by atoms with Gasteiger partial charge in [-0.25, -0.2) is 9.48 Å². The van der Waals surface area contributed by atoms with Gasteiger partial charge in [0, 0.05) is 25.8 Å². The van der Waals surface area contributed by atoms with Crippen LogP contribution in [0.5, 0.6) is 0 Å². The Hall–Kier alpha value is -2.67. The number of aromatic nitrogens is 2. The summed E-state index contributed by atoms with van der Waals surface area (Å²) < 4.78 is 6.52. The van der Waals surface area contributed by atoms with Crippen molar-refractivity contribution in [3.63, 3.8) is 0 Å². The van der Waals surface area contributed by atoms with Crippen LogP contribution in [-0.2, 0) is 9.53 Å². The third-order valence-corrected chi connectivity index (χ3v) is 3.61. The number of nitrogens with one attached hydrogen (secondary N) is 1. The molecular weight excluding hydrogens is 310 g/mol. The van der Waals surface area contributed by atoms with Crippen LogP contribution in [-0.4, -0.2) is 46.5 Å². The fraction of sp³-hybridized carbons (Fsp3) is 0.353. The molecule has 128 valence electrons. The molecule has 1 aromatic heterocycles. The van der Waals surface area contributed by atoms with Crippen molar-refractivity contribution in [3.05, 3.63) is 47.3 Å². The fourth-order valence-electron chi connectivity index (χ4n) is 2.26.